The largest absolute Gasteiger partial charge is 0.451 e. The average molecular weight is 521 g/mol. The van der Waals surface area contributed by atoms with Crippen LogP contribution in [-0.2, 0) is 17.1 Å². The van der Waals surface area contributed by atoms with Crippen LogP contribution in [0.1, 0.15) is 63.0 Å². The number of anilines is 2. The van der Waals surface area contributed by atoms with Crippen LogP contribution < -0.4 is 16.0 Å². The number of carbonyl (C=O) groups excluding carboxylic acids is 1. The van der Waals surface area contributed by atoms with Crippen molar-refractivity contribution < 1.29 is 35.5 Å². The SMILES string of the molecule is CC(C)(C)C[C@@H](Nc1nc(C(F)(F)F)nc(N2CCCC2c2ccc(C(F)(F)F)cc2)c1F)C(N)=O. The number of benzene rings is 1. The summed E-state index contributed by atoms with van der Waals surface area (Å²) in [5.41, 5.74) is 4.39. The highest BCUT2D eigenvalue weighted by Crippen LogP contribution is 2.40. The summed E-state index contributed by atoms with van der Waals surface area (Å²) in [6.07, 6.45) is -8.71. The van der Waals surface area contributed by atoms with Crippen molar-refractivity contribution in [2.75, 3.05) is 16.8 Å². The summed E-state index contributed by atoms with van der Waals surface area (Å²) < 4.78 is 95.2. The monoisotopic (exact) mass is 521 g/mol. The lowest BCUT2D eigenvalue weighted by molar-refractivity contribution is -0.144. The van der Waals surface area contributed by atoms with Crippen molar-refractivity contribution in [2.24, 2.45) is 11.1 Å². The fourth-order valence-electron chi connectivity index (χ4n) is 4.11. The van der Waals surface area contributed by atoms with Gasteiger partial charge in [-0.15, -0.1) is 0 Å². The van der Waals surface area contributed by atoms with E-state index in [0.717, 1.165) is 12.1 Å². The maximum atomic E-state index is 15.6. The normalized spacial score (nSPS) is 17.8. The molecular weight excluding hydrogens is 495 g/mol. The summed E-state index contributed by atoms with van der Waals surface area (Å²) in [5, 5.41) is 2.41. The molecule has 6 nitrogen and oxygen atoms in total. The number of nitrogens with one attached hydrogen (secondary N) is 1. The lowest BCUT2D eigenvalue weighted by Crippen LogP contribution is -2.39. The Bertz CT molecular complexity index is 1090. The van der Waals surface area contributed by atoms with E-state index in [0.29, 0.717) is 18.4 Å². The van der Waals surface area contributed by atoms with E-state index in [-0.39, 0.29) is 13.0 Å². The van der Waals surface area contributed by atoms with Gasteiger partial charge in [0.2, 0.25) is 17.5 Å². The van der Waals surface area contributed by atoms with Gasteiger partial charge in [0.15, 0.2) is 11.6 Å². The Kier molecular flexibility index (Phi) is 7.43. The molecule has 0 aliphatic carbocycles. The van der Waals surface area contributed by atoms with Crippen molar-refractivity contribution >= 4 is 17.5 Å². The van der Waals surface area contributed by atoms with Gasteiger partial charge in [-0.05, 0) is 42.4 Å². The molecule has 1 saturated heterocycles. The van der Waals surface area contributed by atoms with E-state index in [9.17, 15) is 31.1 Å². The number of nitrogens with zero attached hydrogens (tertiary/aromatic N) is 3. The molecule has 0 saturated carbocycles. The van der Waals surface area contributed by atoms with Crippen molar-refractivity contribution in [1.82, 2.24) is 9.97 Å². The molecule has 198 valence electrons. The second kappa shape index (κ2) is 9.74. The van der Waals surface area contributed by atoms with E-state index in [1.54, 1.807) is 20.8 Å². The molecule has 36 heavy (non-hydrogen) atoms. The van der Waals surface area contributed by atoms with Gasteiger partial charge in [-0.25, -0.2) is 9.97 Å². The molecule has 1 fully saturated rings. The number of amides is 1. The van der Waals surface area contributed by atoms with Crippen LogP contribution >= 0.6 is 0 Å². The van der Waals surface area contributed by atoms with Gasteiger partial charge >= 0.3 is 12.4 Å². The number of carbonyl (C=O) groups is 1. The fourth-order valence-corrected chi connectivity index (χ4v) is 4.11. The second-order valence-electron chi connectivity index (χ2n) is 9.87. The second-order valence-corrected chi connectivity index (χ2v) is 9.87. The third-order valence-corrected chi connectivity index (χ3v) is 5.71. The van der Waals surface area contributed by atoms with Crippen LogP contribution in [0.2, 0.25) is 0 Å². The topological polar surface area (TPSA) is 84.1 Å². The highest BCUT2D eigenvalue weighted by Gasteiger charge is 2.40. The minimum Gasteiger partial charge on any atom is -0.368 e. The zero-order chi connectivity index (χ0) is 27.1. The first-order valence-electron chi connectivity index (χ1n) is 11.1. The summed E-state index contributed by atoms with van der Waals surface area (Å²) in [6, 6.07) is 2.21. The van der Waals surface area contributed by atoms with Crippen molar-refractivity contribution in [3.8, 4) is 0 Å². The summed E-state index contributed by atoms with van der Waals surface area (Å²) in [6.45, 7) is 5.42. The van der Waals surface area contributed by atoms with Crippen LogP contribution in [0.4, 0.5) is 42.4 Å². The first kappa shape index (κ1) is 27.5. The zero-order valence-corrected chi connectivity index (χ0v) is 19.8. The average Bonchev–Trinajstić information content (AvgIpc) is 3.22. The Morgan fingerprint density at radius 1 is 1.08 bits per heavy atom. The lowest BCUT2D eigenvalue weighted by atomic mass is 9.88. The van der Waals surface area contributed by atoms with Crippen LogP contribution in [-0.4, -0.2) is 28.5 Å². The Labute approximate surface area is 203 Å². The van der Waals surface area contributed by atoms with Crippen LogP contribution in [0.15, 0.2) is 24.3 Å². The predicted molar refractivity (Wildman–Crippen MR) is 118 cm³/mol. The molecule has 1 amide bonds. The number of alkyl halides is 6. The van der Waals surface area contributed by atoms with Crippen LogP contribution in [0, 0.1) is 11.2 Å². The molecule has 3 N–H and O–H groups in total. The molecule has 0 radical (unpaired) electrons. The quantitative estimate of drug-likeness (QED) is 0.477. The third-order valence-electron chi connectivity index (χ3n) is 5.71. The van der Waals surface area contributed by atoms with Gasteiger partial charge in [-0.1, -0.05) is 32.9 Å². The molecule has 13 heteroatoms. The van der Waals surface area contributed by atoms with Gasteiger partial charge in [0.05, 0.1) is 11.6 Å². The molecule has 1 aliphatic rings. The van der Waals surface area contributed by atoms with Gasteiger partial charge in [-0.2, -0.15) is 30.7 Å². The Hall–Kier alpha value is -3.12. The molecule has 0 spiro atoms. The van der Waals surface area contributed by atoms with Crippen molar-refractivity contribution in [1.29, 1.82) is 0 Å². The summed E-state index contributed by atoms with van der Waals surface area (Å²) in [7, 11) is 0. The number of nitrogens with two attached hydrogens (primary N) is 1. The van der Waals surface area contributed by atoms with Crippen molar-refractivity contribution in [2.45, 2.75) is 64.5 Å². The van der Waals surface area contributed by atoms with Crippen molar-refractivity contribution in [3.05, 3.63) is 47.0 Å². The highest BCUT2D eigenvalue weighted by molar-refractivity contribution is 5.83. The predicted octanol–water partition coefficient (Wildman–Crippen LogP) is 5.70. The molecule has 2 atom stereocenters. The fraction of sp³-hybridized carbons (Fsp3) is 0.522. The number of hydrogen-bond donors (Lipinski definition) is 2. The maximum absolute atomic E-state index is 15.6. The Balaban J connectivity index is 2.04. The van der Waals surface area contributed by atoms with E-state index in [1.807, 2.05) is 0 Å². The van der Waals surface area contributed by atoms with E-state index in [2.05, 4.69) is 15.3 Å². The molecule has 1 aliphatic heterocycles. The molecule has 1 aromatic carbocycles. The number of rotatable bonds is 6. The number of primary amides is 1. The minimum atomic E-state index is -5.03. The van der Waals surface area contributed by atoms with E-state index >= 15 is 4.39 Å². The summed E-state index contributed by atoms with van der Waals surface area (Å²) in [4.78, 5) is 19.9. The van der Waals surface area contributed by atoms with Gasteiger partial charge in [0, 0.05) is 6.54 Å². The molecule has 3 rings (SSSR count). The number of halogens is 7. The zero-order valence-electron chi connectivity index (χ0n) is 19.8. The molecule has 2 heterocycles. The molecule has 2 aromatic rings. The van der Waals surface area contributed by atoms with Gasteiger partial charge in [-0.3, -0.25) is 4.79 Å². The van der Waals surface area contributed by atoms with E-state index < -0.39 is 64.6 Å². The standard InChI is InChI=1S/C23H26F7N5O/c1-21(2,3)11-14(17(31)36)32-18-16(24)19(34-20(33-18)23(28,29)30)35-10-4-5-15(35)12-6-8-13(9-7-12)22(25,26)27/h6-9,14-15H,4-5,10-11H2,1-3H3,(H2,31,36)(H,32,33,34)/t14-,15?/m1/s1. The van der Waals surface area contributed by atoms with Gasteiger partial charge < -0.3 is 16.0 Å². The first-order chi connectivity index (χ1) is 16.5. The van der Waals surface area contributed by atoms with Crippen LogP contribution in [0.25, 0.3) is 0 Å². The van der Waals surface area contributed by atoms with E-state index in [1.165, 1.54) is 17.0 Å². The third kappa shape index (κ3) is 6.35. The first-order valence-corrected chi connectivity index (χ1v) is 11.1. The smallest absolute Gasteiger partial charge is 0.368 e. The van der Waals surface area contributed by atoms with Gasteiger partial charge in [0.25, 0.3) is 0 Å². The number of aromatic nitrogens is 2. The molecule has 0 bridgehead atoms. The molecule has 1 unspecified atom stereocenters. The summed E-state index contributed by atoms with van der Waals surface area (Å²) in [5.74, 6) is -5.25. The highest BCUT2D eigenvalue weighted by atomic mass is 19.4. The van der Waals surface area contributed by atoms with E-state index in [4.69, 9.17) is 5.73 Å². The Morgan fingerprint density at radius 3 is 2.19 bits per heavy atom. The Morgan fingerprint density at radius 2 is 1.69 bits per heavy atom. The van der Waals surface area contributed by atoms with Crippen LogP contribution in [0.3, 0.4) is 0 Å². The van der Waals surface area contributed by atoms with Gasteiger partial charge in [0.1, 0.15) is 6.04 Å². The number of hydrogen-bond acceptors (Lipinski definition) is 5. The molecule has 1 aromatic heterocycles. The maximum Gasteiger partial charge on any atom is 0.451 e. The summed E-state index contributed by atoms with van der Waals surface area (Å²) >= 11 is 0. The minimum absolute atomic E-state index is 0.0837. The van der Waals surface area contributed by atoms with Crippen molar-refractivity contribution in [3.63, 3.8) is 0 Å². The van der Waals surface area contributed by atoms with Crippen LogP contribution in [0.5, 0.6) is 0 Å². The lowest BCUT2D eigenvalue weighted by Gasteiger charge is -2.29. The molecular formula is C23H26F7N5O.